The second-order valence-electron chi connectivity index (χ2n) is 7.36. The molecule has 1 saturated heterocycles. The first kappa shape index (κ1) is 14.5. The molecular weight excluding hydrogens is 271 g/mol. The van der Waals surface area contributed by atoms with Crippen LogP contribution in [0, 0.1) is 0 Å². The van der Waals surface area contributed by atoms with Gasteiger partial charge in [-0.15, -0.1) is 0 Å². The van der Waals surface area contributed by atoms with Gasteiger partial charge in [0.2, 0.25) is 0 Å². The predicted octanol–water partition coefficient (Wildman–Crippen LogP) is 5.24. The quantitative estimate of drug-likeness (QED) is 0.421. The first-order valence-electron chi connectivity index (χ1n) is 6.71. The maximum atomic E-state index is 6.15. The minimum Gasteiger partial charge on any atom is -0.342 e. The fraction of sp³-hybridized carbons (Fsp3) is 0.571. The van der Waals surface area contributed by atoms with Gasteiger partial charge >= 0.3 is 0 Å². The molecule has 0 bridgehead atoms. The molecule has 1 aromatic carbocycles. The summed E-state index contributed by atoms with van der Waals surface area (Å²) >= 11 is 0. The maximum Gasteiger partial charge on any atom is 0.130 e. The van der Waals surface area contributed by atoms with Crippen molar-refractivity contribution in [3.63, 3.8) is 0 Å². The van der Waals surface area contributed by atoms with Crippen LogP contribution in [0.25, 0.3) is 0 Å². The van der Waals surface area contributed by atoms with Gasteiger partial charge < -0.3 is 4.52 Å². The highest BCUT2D eigenvalue weighted by Crippen LogP contribution is 2.76. The Morgan fingerprint density at radius 3 is 1.89 bits per heavy atom. The largest absolute Gasteiger partial charge is 0.342 e. The van der Waals surface area contributed by atoms with E-state index in [1.807, 2.05) is 0 Å². The second-order valence-corrected chi connectivity index (χ2v) is 21.4. The lowest BCUT2D eigenvalue weighted by Crippen LogP contribution is -2.51. The van der Waals surface area contributed by atoms with Gasteiger partial charge in [-0.3, -0.25) is 0 Å². The van der Waals surface area contributed by atoms with E-state index in [0.717, 1.165) is 4.91 Å². The van der Waals surface area contributed by atoms with Crippen molar-refractivity contribution in [3.05, 3.63) is 35.9 Å². The molecule has 2 rings (SSSR count). The SMILES string of the molecule is C[Si](C)(C)C([P@]1O[C@@H]1c1ccccc1)[Si](C)(C)C. The van der Waals surface area contributed by atoms with E-state index in [9.17, 15) is 0 Å². The van der Waals surface area contributed by atoms with Crippen molar-refractivity contribution in [2.45, 2.75) is 50.0 Å². The summed E-state index contributed by atoms with van der Waals surface area (Å²) in [5.74, 6) is 0.435. The third kappa shape index (κ3) is 3.13. The van der Waals surface area contributed by atoms with Crippen molar-refractivity contribution in [1.82, 2.24) is 0 Å². The van der Waals surface area contributed by atoms with Crippen LogP contribution in [0.1, 0.15) is 11.4 Å². The van der Waals surface area contributed by atoms with E-state index >= 15 is 0 Å². The zero-order valence-corrected chi connectivity index (χ0v) is 15.3. The Bertz CT molecular complexity index is 394. The summed E-state index contributed by atoms with van der Waals surface area (Å²) < 4.78 is 6.15. The Morgan fingerprint density at radius 2 is 1.44 bits per heavy atom. The molecule has 100 valence electrons. The van der Waals surface area contributed by atoms with Crippen LogP contribution in [0.15, 0.2) is 30.3 Å². The molecule has 0 N–H and O–H groups in total. The first-order chi connectivity index (χ1) is 8.21. The molecule has 0 saturated carbocycles. The van der Waals surface area contributed by atoms with Crippen LogP contribution >= 0.6 is 8.15 Å². The van der Waals surface area contributed by atoms with Crippen molar-refractivity contribution in [3.8, 4) is 0 Å². The van der Waals surface area contributed by atoms with Gasteiger partial charge in [0.15, 0.2) is 0 Å². The third-order valence-corrected chi connectivity index (χ3v) is 19.7. The van der Waals surface area contributed by atoms with Gasteiger partial charge in [0, 0.05) is 0 Å². The van der Waals surface area contributed by atoms with E-state index < -0.39 is 16.1 Å². The molecule has 0 aromatic heterocycles. The summed E-state index contributed by atoms with van der Waals surface area (Å²) in [7, 11) is -2.47. The van der Waals surface area contributed by atoms with Gasteiger partial charge in [0.1, 0.15) is 5.85 Å². The minimum absolute atomic E-state index is 0.206. The lowest BCUT2D eigenvalue weighted by Gasteiger charge is -2.37. The van der Waals surface area contributed by atoms with Crippen molar-refractivity contribution < 1.29 is 4.52 Å². The summed E-state index contributed by atoms with van der Waals surface area (Å²) in [5, 5.41) is 0. The molecule has 18 heavy (non-hydrogen) atoms. The smallest absolute Gasteiger partial charge is 0.130 e. The van der Waals surface area contributed by atoms with Crippen LogP contribution in [0.4, 0.5) is 0 Å². The lowest BCUT2D eigenvalue weighted by atomic mass is 10.2. The maximum absolute atomic E-state index is 6.15. The van der Waals surface area contributed by atoms with Crippen LogP contribution in [-0.2, 0) is 4.52 Å². The van der Waals surface area contributed by atoms with Gasteiger partial charge in [0.25, 0.3) is 0 Å². The standard InChI is InChI=1S/C14H25OPSi2/c1-17(2,3)14(18(4,5)6)16-13(15-16)12-10-8-7-9-11-12/h7-11,13-14H,1-6H3/t13-,16+/m0/s1. The minimum atomic E-state index is -1.13. The van der Waals surface area contributed by atoms with E-state index in [2.05, 4.69) is 69.6 Å². The summed E-state index contributed by atoms with van der Waals surface area (Å²) in [6.45, 7) is 15.1. The average molecular weight is 296 g/mol. The fourth-order valence-corrected chi connectivity index (χ4v) is 22.2. The number of benzene rings is 1. The lowest BCUT2D eigenvalue weighted by molar-refractivity contribution is 0.470. The van der Waals surface area contributed by atoms with Crippen molar-refractivity contribution in [1.29, 1.82) is 0 Å². The van der Waals surface area contributed by atoms with E-state index in [4.69, 9.17) is 4.52 Å². The summed E-state index contributed by atoms with van der Waals surface area (Å²) in [6.07, 6.45) is 0. The van der Waals surface area contributed by atoms with Gasteiger partial charge in [0.05, 0.1) is 24.3 Å². The Morgan fingerprint density at radius 1 is 0.944 bits per heavy atom. The fourth-order valence-electron chi connectivity index (χ4n) is 3.17. The molecule has 2 atom stereocenters. The zero-order chi connectivity index (χ0) is 13.6. The molecule has 1 nitrogen and oxygen atoms in total. The molecule has 0 radical (unpaired) electrons. The van der Waals surface area contributed by atoms with Crippen LogP contribution in [0.2, 0.25) is 39.3 Å². The molecule has 1 aliphatic heterocycles. The van der Waals surface area contributed by atoms with E-state index in [1.54, 1.807) is 0 Å². The van der Waals surface area contributed by atoms with Crippen LogP contribution in [0.5, 0.6) is 0 Å². The topological polar surface area (TPSA) is 12.5 Å². The zero-order valence-electron chi connectivity index (χ0n) is 12.4. The van der Waals surface area contributed by atoms with Crippen molar-refractivity contribution >= 4 is 24.3 Å². The van der Waals surface area contributed by atoms with Gasteiger partial charge in [-0.2, -0.15) is 0 Å². The molecule has 0 unspecified atom stereocenters. The summed E-state index contributed by atoms with van der Waals surface area (Å²) in [4.78, 5) is 0.908. The van der Waals surface area contributed by atoms with Crippen LogP contribution in [0.3, 0.4) is 0 Å². The van der Waals surface area contributed by atoms with Crippen LogP contribution in [-0.4, -0.2) is 21.1 Å². The van der Waals surface area contributed by atoms with Gasteiger partial charge in [-0.1, -0.05) is 69.6 Å². The van der Waals surface area contributed by atoms with Gasteiger partial charge in [-0.05, 0) is 10.5 Å². The van der Waals surface area contributed by atoms with Crippen LogP contribution < -0.4 is 0 Å². The molecule has 0 aliphatic carbocycles. The van der Waals surface area contributed by atoms with Gasteiger partial charge in [-0.25, -0.2) is 0 Å². The number of hydrogen-bond acceptors (Lipinski definition) is 1. The highest BCUT2D eigenvalue weighted by atomic mass is 31.2. The molecule has 1 fully saturated rings. The Hall–Kier alpha value is 0.0438. The highest BCUT2D eigenvalue weighted by Gasteiger charge is 2.55. The molecule has 0 amide bonds. The Labute approximate surface area is 115 Å². The molecular formula is C14H25OPSi2. The normalized spacial score (nSPS) is 24.4. The third-order valence-electron chi connectivity index (χ3n) is 3.39. The Kier molecular flexibility index (Phi) is 3.90. The monoisotopic (exact) mass is 296 g/mol. The van der Waals surface area contributed by atoms with Crippen molar-refractivity contribution in [2.24, 2.45) is 0 Å². The van der Waals surface area contributed by atoms with E-state index in [0.29, 0.717) is 5.85 Å². The summed E-state index contributed by atoms with van der Waals surface area (Å²) in [5.41, 5.74) is 1.39. The second kappa shape index (κ2) is 4.86. The van der Waals surface area contributed by atoms with E-state index in [-0.39, 0.29) is 8.15 Å². The molecule has 4 heteroatoms. The molecule has 1 aliphatic rings. The molecule has 0 spiro atoms. The molecule has 1 heterocycles. The Balaban J connectivity index is 2.18. The molecule has 1 aromatic rings. The average Bonchev–Trinajstić information content (AvgIpc) is 2.94. The summed E-state index contributed by atoms with van der Waals surface area (Å²) in [6, 6.07) is 10.8. The van der Waals surface area contributed by atoms with E-state index in [1.165, 1.54) is 5.56 Å². The van der Waals surface area contributed by atoms with Crippen molar-refractivity contribution in [2.75, 3.05) is 0 Å². The number of hydrogen-bond donors (Lipinski definition) is 0. The first-order valence-corrected chi connectivity index (χ1v) is 15.3. The highest BCUT2D eigenvalue weighted by molar-refractivity contribution is 7.66. The number of rotatable bonds is 4. The predicted molar refractivity (Wildman–Crippen MR) is 87.7 cm³/mol.